The minimum absolute atomic E-state index is 0.0884. The highest BCUT2D eigenvalue weighted by Crippen LogP contribution is 2.38. The Morgan fingerprint density at radius 2 is 1.77 bits per heavy atom. The van der Waals surface area contributed by atoms with Crippen molar-refractivity contribution in [3.05, 3.63) is 53.6 Å². The summed E-state index contributed by atoms with van der Waals surface area (Å²) in [6, 6.07) is 7.64. The van der Waals surface area contributed by atoms with E-state index in [1.165, 1.54) is 30.0 Å². The van der Waals surface area contributed by atoms with Crippen LogP contribution in [0.1, 0.15) is 36.0 Å². The summed E-state index contributed by atoms with van der Waals surface area (Å²) in [6.45, 7) is 0. The van der Waals surface area contributed by atoms with Crippen LogP contribution in [0, 0.1) is 11.6 Å². The lowest BCUT2D eigenvalue weighted by molar-refractivity contribution is 0.102. The molecule has 26 heavy (non-hydrogen) atoms. The predicted octanol–water partition coefficient (Wildman–Crippen LogP) is 4.32. The topological polar surface area (TPSA) is 69.6 Å². The molecule has 2 aromatic carbocycles. The summed E-state index contributed by atoms with van der Waals surface area (Å²) in [4.78, 5) is 12.9. The lowest BCUT2D eigenvalue weighted by Gasteiger charge is -2.25. The number of aliphatic hydroxyl groups excluding tert-OH is 1. The highest BCUT2D eigenvalue weighted by molar-refractivity contribution is 8.00. The Kier molecular flexibility index (Phi) is 5.78. The lowest BCUT2D eigenvalue weighted by Crippen LogP contribution is -2.19. The third-order valence-electron chi connectivity index (χ3n) is 4.34. The summed E-state index contributed by atoms with van der Waals surface area (Å²) in [5.41, 5.74) is 0.461. The fourth-order valence-electron chi connectivity index (χ4n) is 2.87. The first-order valence-corrected chi connectivity index (χ1v) is 9.24. The van der Waals surface area contributed by atoms with Crippen molar-refractivity contribution in [2.24, 2.45) is 0 Å². The molecule has 138 valence electrons. The van der Waals surface area contributed by atoms with E-state index in [1.54, 1.807) is 6.07 Å². The number of thioether (sulfide) groups is 1. The zero-order valence-corrected chi connectivity index (χ0v) is 14.7. The van der Waals surface area contributed by atoms with Crippen LogP contribution in [0.3, 0.4) is 0 Å². The van der Waals surface area contributed by atoms with Gasteiger partial charge in [0.05, 0.1) is 11.0 Å². The summed E-state index contributed by atoms with van der Waals surface area (Å²) >= 11 is 1.48. The molecule has 0 atom stereocenters. The summed E-state index contributed by atoms with van der Waals surface area (Å²) < 4.78 is 26.2. The molecule has 7 heteroatoms. The number of hydrogen-bond acceptors (Lipinski definition) is 4. The number of aliphatic hydroxyl groups is 1. The van der Waals surface area contributed by atoms with E-state index in [0.29, 0.717) is 10.5 Å². The number of amides is 1. The summed E-state index contributed by atoms with van der Waals surface area (Å²) in [6.07, 6.45) is 2.89. The van der Waals surface area contributed by atoms with Gasteiger partial charge < -0.3 is 15.5 Å². The van der Waals surface area contributed by atoms with Crippen molar-refractivity contribution in [2.75, 3.05) is 5.32 Å². The molecule has 0 aromatic heterocycles. The second-order valence-corrected chi connectivity index (χ2v) is 7.66. The van der Waals surface area contributed by atoms with Crippen molar-refractivity contribution >= 4 is 23.4 Å². The van der Waals surface area contributed by atoms with Crippen molar-refractivity contribution < 1.29 is 23.8 Å². The molecule has 0 saturated heterocycles. The first kappa shape index (κ1) is 18.7. The Balaban J connectivity index is 1.71. The van der Waals surface area contributed by atoms with Gasteiger partial charge in [0.25, 0.3) is 5.91 Å². The third-order valence-corrected chi connectivity index (χ3v) is 5.72. The van der Waals surface area contributed by atoms with Crippen molar-refractivity contribution in [1.29, 1.82) is 0 Å². The number of phenolic OH excluding ortho intramolecular Hbond substituents is 1. The molecule has 3 rings (SSSR count). The largest absolute Gasteiger partial charge is 0.507 e. The van der Waals surface area contributed by atoms with Gasteiger partial charge in [0.15, 0.2) is 11.6 Å². The molecule has 0 heterocycles. The van der Waals surface area contributed by atoms with E-state index in [-0.39, 0.29) is 22.8 Å². The summed E-state index contributed by atoms with van der Waals surface area (Å²) in [5, 5.41) is 22.4. The number of nitrogens with one attached hydrogen (secondary N) is 1. The molecule has 1 aliphatic rings. The van der Waals surface area contributed by atoms with Gasteiger partial charge in [-0.1, -0.05) is 0 Å². The minimum Gasteiger partial charge on any atom is -0.507 e. The standard InChI is InChI=1S/C19H19F2NO3S/c20-15-7-2-12(10-16(15)21)22-19(25)11-1-8-17(24)18(9-11)26-14-5-3-13(23)4-6-14/h1-2,7-10,13-14,23-24H,3-6H2,(H,22,25). The molecule has 0 spiro atoms. The van der Waals surface area contributed by atoms with Crippen LogP contribution < -0.4 is 5.32 Å². The number of rotatable bonds is 4. The first-order chi connectivity index (χ1) is 12.4. The number of benzene rings is 2. The highest BCUT2D eigenvalue weighted by atomic mass is 32.2. The number of aromatic hydroxyl groups is 1. The number of carbonyl (C=O) groups excluding carboxylic acids is 1. The molecule has 1 saturated carbocycles. The van der Waals surface area contributed by atoms with E-state index < -0.39 is 17.5 Å². The zero-order chi connectivity index (χ0) is 18.7. The van der Waals surface area contributed by atoms with Gasteiger partial charge in [-0.2, -0.15) is 0 Å². The van der Waals surface area contributed by atoms with Crippen LogP contribution in [-0.4, -0.2) is 27.5 Å². The molecule has 2 aromatic rings. The Hall–Kier alpha value is -2.12. The van der Waals surface area contributed by atoms with Crippen LogP contribution in [0.25, 0.3) is 0 Å². The average molecular weight is 379 g/mol. The van der Waals surface area contributed by atoms with Crippen LogP contribution in [0.4, 0.5) is 14.5 Å². The fourth-order valence-corrected chi connectivity index (χ4v) is 4.12. The summed E-state index contributed by atoms with van der Waals surface area (Å²) in [5.74, 6) is -2.41. The molecule has 1 fully saturated rings. The molecule has 1 aliphatic carbocycles. The second-order valence-electron chi connectivity index (χ2n) is 6.31. The number of carbonyl (C=O) groups is 1. The van der Waals surface area contributed by atoms with Gasteiger partial charge in [-0.25, -0.2) is 8.78 Å². The van der Waals surface area contributed by atoms with Crippen LogP contribution >= 0.6 is 11.8 Å². The number of hydrogen-bond donors (Lipinski definition) is 3. The monoisotopic (exact) mass is 379 g/mol. The molecule has 0 radical (unpaired) electrons. The van der Waals surface area contributed by atoms with Crippen molar-refractivity contribution in [3.63, 3.8) is 0 Å². The second kappa shape index (κ2) is 8.05. The number of phenols is 1. The van der Waals surface area contributed by atoms with Gasteiger partial charge >= 0.3 is 0 Å². The van der Waals surface area contributed by atoms with Crippen LogP contribution in [-0.2, 0) is 0 Å². The maximum Gasteiger partial charge on any atom is 0.255 e. The molecule has 4 nitrogen and oxygen atoms in total. The maximum absolute atomic E-state index is 13.3. The van der Waals surface area contributed by atoms with Gasteiger partial charge in [-0.15, -0.1) is 11.8 Å². The van der Waals surface area contributed by atoms with E-state index in [1.807, 2.05) is 0 Å². The average Bonchev–Trinajstić information content (AvgIpc) is 2.62. The minimum atomic E-state index is -1.04. The Morgan fingerprint density at radius 3 is 2.46 bits per heavy atom. The molecule has 3 N–H and O–H groups in total. The van der Waals surface area contributed by atoms with Gasteiger partial charge in [0, 0.05) is 22.6 Å². The van der Waals surface area contributed by atoms with Crippen LogP contribution in [0.2, 0.25) is 0 Å². The van der Waals surface area contributed by atoms with Gasteiger partial charge in [0.1, 0.15) is 5.75 Å². The van der Waals surface area contributed by atoms with Crippen molar-refractivity contribution in [2.45, 2.75) is 41.9 Å². The van der Waals surface area contributed by atoms with Crippen LogP contribution in [0.5, 0.6) is 5.75 Å². The number of anilines is 1. The SMILES string of the molecule is O=C(Nc1ccc(F)c(F)c1)c1ccc(O)c(SC2CCC(O)CC2)c1. The highest BCUT2D eigenvalue weighted by Gasteiger charge is 2.22. The first-order valence-electron chi connectivity index (χ1n) is 8.36. The van der Waals surface area contributed by atoms with Crippen molar-refractivity contribution in [3.8, 4) is 5.75 Å². The molecule has 0 aliphatic heterocycles. The van der Waals surface area contributed by atoms with E-state index in [2.05, 4.69) is 5.32 Å². The molecular formula is C19H19F2NO3S. The molecule has 0 bridgehead atoms. The maximum atomic E-state index is 13.3. The van der Waals surface area contributed by atoms with E-state index >= 15 is 0 Å². The Morgan fingerprint density at radius 1 is 1.04 bits per heavy atom. The Bertz CT molecular complexity index is 807. The van der Waals surface area contributed by atoms with Crippen molar-refractivity contribution in [1.82, 2.24) is 0 Å². The predicted molar refractivity (Wildman–Crippen MR) is 96.5 cm³/mol. The van der Waals surface area contributed by atoms with Gasteiger partial charge in [0.2, 0.25) is 0 Å². The Labute approximate surface area is 154 Å². The molecular weight excluding hydrogens is 360 g/mol. The van der Waals surface area contributed by atoms with E-state index in [0.717, 1.165) is 37.8 Å². The van der Waals surface area contributed by atoms with E-state index in [9.17, 15) is 23.8 Å². The molecule has 0 unspecified atom stereocenters. The normalized spacial score (nSPS) is 20.0. The van der Waals surface area contributed by atoms with Crippen LogP contribution in [0.15, 0.2) is 41.3 Å². The fraction of sp³-hybridized carbons (Fsp3) is 0.316. The zero-order valence-electron chi connectivity index (χ0n) is 13.9. The van der Waals surface area contributed by atoms with Gasteiger partial charge in [-0.05, 0) is 56.0 Å². The van der Waals surface area contributed by atoms with E-state index in [4.69, 9.17) is 0 Å². The molecule has 1 amide bonds. The smallest absolute Gasteiger partial charge is 0.255 e. The lowest BCUT2D eigenvalue weighted by atomic mass is 9.97. The third kappa shape index (κ3) is 4.53. The quantitative estimate of drug-likeness (QED) is 0.740. The van der Waals surface area contributed by atoms with Gasteiger partial charge in [-0.3, -0.25) is 4.79 Å². The summed E-state index contributed by atoms with van der Waals surface area (Å²) in [7, 11) is 0. The number of halogens is 2.